The standard InChI is InChI=1S/C21H23F4N3O4S/c1-3-4-11-32-20-15(6-9-18(27-20)21(23,24)25)7-10-19(29)26-13-14-5-8-17(16(22)12-14)28-33(2,30)31/h5-10,12,28H,3-4,11,13H2,1-2H3,(H,26,29)/b10-7-. The Morgan fingerprint density at radius 1 is 1.21 bits per heavy atom. The zero-order valence-corrected chi connectivity index (χ0v) is 18.7. The Kier molecular flexibility index (Phi) is 8.80. The van der Waals surface area contributed by atoms with E-state index in [2.05, 4.69) is 10.3 Å². The van der Waals surface area contributed by atoms with Crippen LogP contribution >= 0.6 is 0 Å². The molecule has 0 unspecified atom stereocenters. The lowest BCUT2D eigenvalue weighted by Gasteiger charge is -2.11. The molecule has 1 heterocycles. The zero-order chi connectivity index (χ0) is 24.6. The number of unbranched alkanes of at least 4 members (excludes halogenated alkanes) is 1. The minimum Gasteiger partial charge on any atom is -0.477 e. The molecule has 0 aliphatic heterocycles. The van der Waals surface area contributed by atoms with Crippen LogP contribution in [-0.4, -0.2) is 32.2 Å². The van der Waals surface area contributed by atoms with Crippen LogP contribution in [0.15, 0.2) is 36.4 Å². The first-order valence-electron chi connectivity index (χ1n) is 9.82. The van der Waals surface area contributed by atoms with Gasteiger partial charge >= 0.3 is 6.18 Å². The maximum atomic E-state index is 14.0. The lowest BCUT2D eigenvalue weighted by Crippen LogP contribution is -2.20. The zero-order valence-electron chi connectivity index (χ0n) is 17.9. The molecule has 33 heavy (non-hydrogen) atoms. The van der Waals surface area contributed by atoms with Gasteiger partial charge in [0, 0.05) is 18.2 Å². The van der Waals surface area contributed by atoms with Gasteiger partial charge in [0.25, 0.3) is 0 Å². The molecule has 2 N–H and O–H groups in total. The van der Waals surface area contributed by atoms with Gasteiger partial charge in [0.15, 0.2) is 0 Å². The van der Waals surface area contributed by atoms with Gasteiger partial charge in [-0.05, 0) is 42.3 Å². The SMILES string of the molecule is CCCCOc1nc(C(F)(F)F)ccc1/C=C\C(=O)NCc1ccc(NS(C)(=O)=O)c(F)c1. The van der Waals surface area contributed by atoms with Gasteiger partial charge in [-0.15, -0.1) is 0 Å². The predicted molar refractivity (Wildman–Crippen MR) is 115 cm³/mol. The van der Waals surface area contributed by atoms with Crippen molar-refractivity contribution in [3.05, 3.63) is 59.0 Å². The second-order valence-corrected chi connectivity index (χ2v) is 8.78. The Bertz CT molecular complexity index is 1120. The average molecular weight is 489 g/mol. The van der Waals surface area contributed by atoms with Crippen molar-refractivity contribution in [2.45, 2.75) is 32.5 Å². The maximum absolute atomic E-state index is 14.0. The van der Waals surface area contributed by atoms with Crippen molar-refractivity contribution in [1.29, 1.82) is 0 Å². The van der Waals surface area contributed by atoms with Crippen LogP contribution in [0.2, 0.25) is 0 Å². The van der Waals surface area contributed by atoms with Crippen molar-refractivity contribution in [3.8, 4) is 5.88 Å². The Labute approximate surface area is 188 Å². The fraction of sp³-hybridized carbons (Fsp3) is 0.333. The number of sulfonamides is 1. The second kappa shape index (κ2) is 11.1. The van der Waals surface area contributed by atoms with E-state index in [0.717, 1.165) is 37.0 Å². The normalized spacial score (nSPS) is 12.1. The molecule has 1 amide bonds. The Hall–Kier alpha value is -3.15. The number of hydrogen-bond acceptors (Lipinski definition) is 5. The molecular formula is C21H23F4N3O4S. The highest BCUT2D eigenvalue weighted by Crippen LogP contribution is 2.30. The summed E-state index contributed by atoms with van der Waals surface area (Å²) < 4.78 is 82.6. The molecule has 12 heteroatoms. The van der Waals surface area contributed by atoms with Crippen molar-refractivity contribution in [2.75, 3.05) is 17.6 Å². The summed E-state index contributed by atoms with van der Waals surface area (Å²) in [7, 11) is -3.64. The molecule has 1 aromatic carbocycles. The summed E-state index contributed by atoms with van der Waals surface area (Å²) >= 11 is 0. The molecular weight excluding hydrogens is 466 g/mol. The third-order valence-corrected chi connectivity index (χ3v) is 4.72. The van der Waals surface area contributed by atoms with E-state index >= 15 is 0 Å². The molecule has 1 aromatic heterocycles. The van der Waals surface area contributed by atoms with Crippen molar-refractivity contribution in [2.24, 2.45) is 0 Å². The number of rotatable bonds is 10. The molecule has 0 saturated heterocycles. The largest absolute Gasteiger partial charge is 0.477 e. The van der Waals surface area contributed by atoms with Crippen LogP contribution in [0, 0.1) is 5.82 Å². The third-order valence-electron chi connectivity index (χ3n) is 4.13. The van der Waals surface area contributed by atoms with Crippen LogP contribution in [0.1, 0.15) is 36.6 Å². The number of aromatic nitrogens is 1. The van der Waals surface area contributed by atoms with Gasteiger partial charge in [0.1, 0.15) is 11.5 Å². The number of hydrogen-bond donors (Lipinski definition) is 2. The van der Waals surface area contributed by atoms with E-state index in [0.29, 0.717) is 12.0 Å². The highest BCUT2D eigenvalue weighted by atomic mass is 32.2. The maximum Gasteiger partial charge on any atom is 0.433 e. The molecule has 0 aliphatic carbocycles. The van der Waals surface area contributed by atoms with Gasteiger partial charge in [-0.3, -0.25) is 9.52 Å². The summed E-state index contributed by atoms with van der Waals surface area (Å²) in [4.78, 5) is 15.6. The summed E-state index contributed by atoms with van der Waals surface area (Å²) in [5.74, 6) is -1.64. The van der Waals surface area contributed by atoms with Crippen LogP contribution in [0.3, 0.4) is 0 Å². The second-order valence-electron chi connectivity index (χ2n) is 7.03. The quantitative estimate of drug-likeness (QED) is 0.297. The van der Waals surface area contributed by atoms with Crippen LogP contribution in [0.5, 0.6) is 5.88 Å². The fourth-order valence-electron chi connectivity index (χ4n) is 2.53. The molecule has 0 bridgehead atoms. The van der Waals surface area contributed by atoms with E-state index in [1.54, 1.807) is 0 Å². The smallest absolute Gasteiger partial charge is 0.433 e. The Balaban J connectivity index is 2.06. The van der Waals surface area contributed by atoms with Crippen LogP contribution < -0.4 is 14.8 Å². The van der Waals surface area contributed by atoms with Crippen molar-refractivity contribution < 1.29 is 35.5 Å². The third kappa shape index (κ3) is 8.72. The summed E-state index contributed by atoms with van der Waals surface area (Å²) in [6.07, 6.45) is 0.00885. The number of pyridine rings is 1. The predicted octanol–water partition coefficient (Wildman–Crippen LogP) is 4.12. The number of alkyl halides is 3. The van der Waals surface area contributed by atoms with Gasteiger partial charge in [-0.2, -0.15) is 13.2 Å². The summed E-state index contributed by atoms with van der Waals surface area (Å²) in [5.41, 5.74) is -0.770. The first kappa shape index (κ1) is 26.1. The van der Waals surface area contributed by atoms with Crippen LogP contribution in [-0.2, 0) is 27.5 Å². The number of halogens is 4. The number of benzene rings is 1. The number of ether oxygens (including phenoxy) is 1. The highest BCUT2D eigenvalue weighted by Gasteiger charge is 2.33. The van der Waals surface area contributed by atoms with Crippen molar-refractivity contribution >= 4 is 27.7 Å². The average Bonchev–Trinajstić information content (AvgIpc) is 2.71. The monoisotopic (exact) mass is 489 g/mol. The van der Waals surface area contributed by atoms with Crippen LogP contribution in [0.4, 0.5) is 23.2 Å². The van der Waals surface area contributed by atoms with E-state index < -0.39 is 33.6 Å². The number of carbonyl (C=O) groups is 1. The molecule has 0 radical (unpaired) electrons. The molecule has 0 spiro atoms. The number of nitrogens with zero attached hydrogens (tertiary/aromatic N) is 1. The molecule has 2 rings (SSSR count). The van der Waals surface area contributed by atoms with E-state index in [1.807, 2.05) is 11.6 Å². The van der Waals surface area contributed by atoms with Gasteiger partial charge < -0.3 is 10.1 Å². The molecule has 0 aliphatic rings. The Morgan fingerprint density at radius 2 is 1.94 bits per heavy atom. The van der Waals surface area contributed by atoms with Crippen molar-refractivity contribution in [1.82, 2.24) is 10.3 Å². The fourth-order valence-corrected chi connectivity index (χ4v) is 3.09. The summed E-state index contributed by atoms with van der Waals surface area (Å²) in [5, 5.41) is 2.50. The van der Waals surface area contributed by atoms with Crippen LogP contribution in [0.25, 0.3) is 6.08 Å². The molecule has 0 atom stereocenters. The molecule has 180 valence electrons. The molecule has 2 aromatic rings. The van der Waals surface area contributed by atoms with Gasteiger partial charge in [-0.1, -0.05) is 19.4 Å². The number of carbonyl (C=O) groups excluding carboxylic acids is 1. The molecule has 0 fully saturated rings. The summed E-state index contributed by atoms with van der Waals surface area (Å²) in [6, 6.07) is 5.67. The molecule has 0 saturated carbocycles. The minimum absolute atomic E-state index is 0.0651. The Morgan fingerprint density at radius 3 is 2.55 bits per heavy atom. The van der Waals surface area contributed by atoms with Gasteiger partial charge in [0.2, 0.25) is 21.8 Å². The first-order valence-corrected chi connectivity index (χ1v) is 11.7. The number of nitrogens with one attached hydrogen (secondary N) is 2. The number of amides is 1. The van der Waals surface area contributed by atoms with Crippen molar-refractivity contribution in [3.63, 3.8) is 0 Å². The van der Waals surface area contributed by atoms with E-state index in [4.69, 9.17) is 4.74 Å². The molecule has 7 nitrogen and oxygen atoms in total. The highest BCUT2D eigenvalue weighted by molar-refractivity contribution is 7.92. The van der Waals surface area contributed by atoms with E-state index in [9.17, 15) is 30.8 Å². The topological polar surface area (TPSA) is 97.4 Å². The number of anilines is 1. The van der Waals surface area contributed by atoms with E-state index in [1.165, 1.54) is 18.2 Å². The van der Waals surface area contributed by atoms with Gasteiger partial charge in [-0.25, -0.2) is 17.8 Å². The minimum atomic E-state index is -4.63. The lowest BCUT2D eigenvalue weighted by atomic mass is 10.2. The summed E-state index contributed by atoms with van der Waals surface area (Å²) in [6.45, 7) is 2.01. The first-order chi connectivity index (χ1) is 15.4. The van der Waals surface area contributed by atoms with E-state index in [-0.39, 0.29) is 30.3 Å². The lowest BCUT2D eigenvalue weighted by molar-refractivity contribution is -0.141. The van der Waals surface area contributed by atoms with Gasteiger partial charge in [0.05, 0.1) is 18.6 Å².